The van der Waals surface area contributed by atoms with Crippen LogP contribution in [0.1, 0.15) is 47.5 Å². The minimum Gasteiger partial charge on any atom is -0.539 e. The summed E-state index contributed by atoms with van der Waals surface area (Å²) in [4.78, 5) is 0. The summed E-state index contributed by atoms with van der Waals surface area (Å²) < 4.78 is 60.2. The highest BCUT2D eigenvalue weighted by Crippen LogP contribution is 2.41. The van der Waals surface area contributed by atoms with Gasteiger partial charge in [-0.15, -0.1) is 0 Å². The van der Waals surface area contributed by atoms with Crippen molar-refractivity contribution in [1.29, 1.82) is 0 Å². The van der Waals surface area contributed by atoms with Crippen LogP contribution in [0, 0.1) is 23.3 Å². The molecule has 0 N–H and O–H groups in total. The number of unbranched alkanes of at least 4 members (excludes halogenated alkanes) is 1. The van der Waals surface area contributed by atoms with Crippen molar-refractivity contribution in [2.75, 3.05) is 0 Å². The predicted octanol–water partition coefficient (Wildman–Crippen LogP) is 6.19. The zero-order valence-electron chi connectivity index (χ0n) is 13.8. The van der Waals surface area contributed by atoms with Crippen LogP contribution in [-0.4, -0.2) is 8.32 Å². The van der Waals surface area contributed by atoms with Crippen LogP contribution in [0.5, 0.6) is 5.75 Å². The zero-order valence-corrected chi connectivity index (χ0v) is 14.8. The molecule has 0 fully saturated rings. The fourth-order valence-corrected chi connectivity index (χ4v) is 7.35. The van der Waals surface area contributed by atoms with Gasteiger partial charge in [-0.25, -0.2) is 13.2 Å². The molecule has 1 nitrogen and oxygen atoms in total. The van der Waals surface area contributed by atoms with Crippen LogP contribution in [0.3, 0.4) is 0 Å². The third-order valence-corrected chi connectivity index (χ3v) is 9.87. The van der Waals surface area contributed by atoms with Gasteiger partial charge < -0.3 is 4.43 Å². The van der Waals surface area contributed by atoms with Gasteiger partial charge in [0, 0.05) is 6.07 Å². The lowest BCUT2D eigenvalue weighted by atomic mass is 10.3. The van der Waals surface area contributed by atoms with Gasteiger partial charge in [-0.1, -0.05) is 47.5 Å². The monoisotopic (exact) mass is 336 g/mol. The molecule has 1 aromatic carbocycles. The average Bonchev–Trinajstić information content (AvgIpc) is 2.43. The normalized spacial score (nSPS) is 12.3. The van der Waals surface area contributed by atoms with Gasteiger partial charge in [0.25, 0.3) is 8.32 Å². The van der Waals surface area contributed by atoms with Crippen molar-refractivity contribution < 1.29 is 22.0 Å². The Morgan fingerprint density at radius 3 is 1.95 bits per heavy atom. The van der Waals surface area contributed by atoms with Gasteiger partial charge in [0.2, 0.25) is 5.82 Å². The second-order valence-corrected chi connectivity index (χ2v) is 11.2. The molecule has 0 atom stereocenters. The summed E-state index contributed by atoms with van der Waals surface area (Å²) >= 11 is 0. The van der Waals surface area contributed by atoms with Crippen LogP contribution < -0.4 is 4.43 Å². The highest BCUT2D eigenvalue weighted by Gasteiger charge is 2.44. The molecule has 0 bridgehead atoms. The molecule has 0 aliphatic heterocycles. The summed E-state index contributed by atoms with van der Waals surface area (Å²) in [6.07, 6.45) is 1.80. The van der Waals surface area contributed by atoms with E-state index in [2.05, 4.69) is 0 Å². The van der Waals surface area contributed by atoms with Gasteiger partial charge in [0.15, 0.2) is 23.2 Å². The Morgan fingerprint density at radius 2 is 1.50 bits per heavy atom. The van der Waals surface area contributed by atoms with E-state index in [9.17, 15) is 17.6 Å². The highest BCUT2D eigenvalue weighted by atomic mass is 28.4. The molecule has 1 rings (SSSR count). The standard InChI is InChI=1S/C16H24F4OSi/c1-6-7-8-22(10(2)3,11(4)5)21-16-13(18)9-12(17)14(19)15(16)20/h9-11H,6-8H2,1-5H3. The second-order valence-electron chi connectivity index (χ2n) is 6.27. The van der Waals surface area contributed by atoms with Crippen molar-refractivity contribution >= 4 is 8.32 Å². The molecule has 22 heavy (non-hydrogen) atoms. The van der Waals surface area contributed by atoms with E-state index in [4.69, 9.17) is 4.43 Å². The summed E-state index contributed by atoms with van der Waals surface area (Å²) in [5, 5.41) is 0. The van der Waals surface area contributed by atoms with Crippen molar-refractivity contribution in [3.05, 3.63) is 29.3 Å². The van der Waals surface area contributed by atoms with Crippen molar-refractivity contribution in [3.63, 3.8) is 0 Å². The predicted molar refractivity (Wildman–Crippen MR) is 82.6 cm³/mol. The summed E-state index contributed by atoms with van der Waals surface area (Å²) in [6.45, 7) is 9.85. The first-order chi connectivity index (χ1) is 10.2. The summed E-state index contributed by atoms with van der Waals surface area (Å²) in [5.41, 5.74) is 0.178. The maximum Gasteiger partial charge on any atom is 0.256 e. The second kappa shape index (κ2) is 7.48. The number of rotatable bonds is 7. The number of halogens is 4. The molecule has 0 saturated carbocycles. The van der Waals surface area contributed by atoms with Gasteiger partial charge >= 0.3 is 0 Å². The average molecular weight is 336 g/mol. The lowest BCUT2D eigenvalue weighted by molar-refractivity contribution is 0.377. The molecule has 0 aromatic heterocycles. The Balaban J connectivity index is 3.34. The quantitative estimate of drug-likeness (QED) is 0.250. The van der Waals surface area contributed by atoms with Crippen LogP contribution in [0.4, 0.5) is 17.6 Å². The van der Waals surface area contributed by atoms with E-state index in [1.54, 1.807) is 0 Å². The molecule has 0 amide bonds. The van der Waals surface area contributed by atoms with Gasteiger partial charge in [0.05, 0.1) is 0 Å². The highest BCUT2D eigenvalue weighted by molar-refractivity contribution is 6.77. The third-order valence-electron chi connectivity index (χ3n) is 4.24. The van der Waals surface area contributed by atoms with Crippen LogP contribution in [0.25, 0.3) is 0 Å². The van der Waals surface area contributed by atoms with E-state index < -0.39 is 37.3 Å². The molecule has 126 valence electrons. The molecule has 0 aliphatic rings. The van der Waals surface area contributed by atoms with Crippen LogP contribution in [0.2, 0.25) is 17.1 Å². The molecule has 6 heteroatoms. The van der Waals surface area contributed by atoms with E-state index in [1.807, 2.05) is 34.6 Å². The molecule has 1 aromatic rings. The minimum absolute atomic E-state index is 0.0889. The van der Waals surface area contributed by atoms with Crippen molar-refractivity contribution in [2.24, 2.45) is 0 Å². The molecule has 0 aliphatic carbocycles. The molecular weight excluding hydrogens is 312 g/mol. The first-order valence-corrected chi connectivity index (χ1v) is 9.96. The Morgan fingerprint density at radius 1 is 0.955 bits per heavy atom. The molecule has 0 saturated heterocycles. The maximum absolute atomic E-state index is 13.9. The number of benzene rings is 1. The molecule has 0 spiro atoms. The molecule has 0 unspecified atom stereocenters. The van der Waals surface area contributed by atoms with Crippen molar-refractivity contribution in [3.8, 4) is 5.75 Å². The first-order valence-electron chi connectivity index (χ1n) is 7.69. The van der Waals surface area contributed by atoms with Gasteiger partial charge in [-0.05, 0) is 17.1 Å². The topological polar surface area (TPSA) is 9.23 Å². The summed E-state index contributed by atoms with van der Waals surface area (Å²) in [7, 11) is -2.58. The first kappa shape index (κ1) is 19.0. The van der Waals surface area contributed by atoms with Gasteiger partial charge in [-0.3, -0.25) is 0 Å². The maximum atomic E-state index is 13.9. The molecule has 0 radical (unpaired) electrons. The minimum atomic E-state index is -2.58. The van der Waals surface area contributed by atoms with E-state index >= 15 is 0 Å². The fourth-order valence-electron chi connectivity index (χ4n) is 2.82. The lowest BCUT2D eigenvalue weighted by Gasteiger charge is -2.39. The Labute approximate surface area is 130 Å². The Bertz CT molecular complexity index is 509. The fraction of sp³-hybridized carbons (Fsp3) is 0.625. The van der Waals surface area contributed by atoms with Gasteiger partial charge in [-0.2, -0.15) is 4.39 Å². The van der Waals surface area contributed by atoms with Crippen LogP contribution in [0.15, 0.2) is 6.07 Å². The lowest BCUT2D eigenvalue weighted by Crippen LogP contribution is -2.48. The molecule has 0 heterocycles. The Hall–Kier alpha value is -1.04. The van der Waals surface area contributed by atoms with Crippen LogP contribution >= 0.6 is 0 Å². The third kappa shape index (κ3) is 3.64. The van der Waals surface area contributed by atoms with E-state index in [-0.39, 0.29) is 11.1 Å². The largest absolute Gasteiger partial charge is 0.539 e. The van der Waals surface area contributed by atoms with Crippen molar-refractivity contribution in [2.45, 2.75) is 64.6 Å². The van der Waals surface area contributed by atoms with E-state index in [0.717, 1.165) is 18.9 Å². The summed E-state index contributed by atoms with van der Waals surface area (Å²) in [6, 6.07) is 1.06. The van der Waals surface area contributed by atoms with E-state index in [0.29, 0.717) is 6.07 Å². The SMILES string of the molecule is CCCC[Si](Oc1c(F)cc(F)c(F)c1F)(C(C)C)C(C)C. The zero-order chi connectivity index (χ0) is 17.1. The van der Waals surface area contributed by atoms with Crippen molar-refractivity contribution in [1.82, 2.24) is 0 Å². The Kier molecular flexibility index (Phi) is 6.46. The summed E-state index contributed by atoms with van der Waals surface area (Å²) in [5.74, 6) is -6.78. The molecular formula is C16H24F4OSi. The van der Waals surface area contributed by atoms with Gasteiger partial charge in [0.1, 0.15) is 0 Å². The van der Waals surface area contributed by atoms with E-state index in [1.165, 1.54) is 0 Å². The smallest absolute Gasteiger partial charge is 0.256 e. The number of hydrogen-bond acceptors (Lipinski definition) is 1. The number of hydrogen-bond donors (Lipinski definition) is 0. The van der Waals surface area contributed by atoms with Crippen LogP contribution in [-0.2, 0) is 0 Å².